The van der Waals surface area contributed by atoms with Crippen LogP contribution in [0.1, 0.15) is 13.8 Å². The first-order chi connectivity index (χ1) is 8.50. The van der Waals surface area contributed by atoms with Crippen molar-refractivity contribution in [1.82, 2.24) is 9.88 Å². The van der Waals surface area contributed by atoms with Crippen LogP contribution in [0.15, 0.2) is 24.5 Å². The summed E-state index contributed by atoms with van der Waals surface area (Å²) < 4.78 is 5.23. The molecule has 0 aliphatic carbocycles. The summed E-state index contributed by atoms with van der Waals surface area (Å²) in [6.07, 6.45) is 3.09. The normalized spacial score (nSPS) is 10.2. The van der Waals surface area contributed by atoms with Crippen LogP contribution in [0.5, 0.6) is 5.75 Å². The van der Waals surface area contributed by atoms with Gasteiger partial charge in [-0.05, 0) is 26.0 Å². The number of rotatable bonds is 6. The average Bonchev–Trinajstić information content (AvgIpc) is 2.34. The minimum absolute atomic E-state index is 0.189. The molecule has 0 atom stereocenters. The van der Waals surface area contributed by atoms with Crippen LogP contribution in [0.4, 0.5) is 0 Å². The highest BCUT2D eigenvalue weighted by Crippen LogP contribution is 2.07. The van der Waals surface area contributed by atoms with Gasteiger partial charge in [0.1, 0.15) is 12.3 Å². The van der Waals surface area contributed by atoms with Gasteiger partial charge in [-0.3, -0.25) is 14.6 Å². The van der Waals surface area contributed by atoms with Crippen LogP contribution in [0.2, 0.25) is 0 Å². The van der Waals surface area contributed by atoms with Gasteiger partial charge in [0.25, 0.3) is 5.91 Å². The number of hydrogen-bond acceptors (Lipinski definition) is 4. The summed E-state index contributed by atoms with van der Waals surface area (Å²) in [4.78, 5) is 27.6. The summed E-state index contributed by atoms with van der Waals surface area (Å²) in [5, 5.41) is 8.72. The molecule has 0 aromatic carbocycles. The Morgan fingerprint density at radius 2 is 2.22 bits per heavy atom. The van der Waals surface area contributed by atoms with Gasteiger partial charge in [-0.1, -0.05) is 0 Å². The number of carbonyl (C=O) groups excluding carboxylic acids is 1. The molecule has 18 heavy (non-hydrogen) atoms. The quantitative estimate of drug-likeness (QED) is 0.809. The molecule has 1 aromatic heterocycles. The lowest BCUT2D eigenvalue weighted by molar-refractivity contribution is -0.146. The molecule has 1 amide bonds. The minimum Gasteiger partial charge on any atom is -0.482 e. The lowest BCUT2D eigenvalue weighted by atomic mass is 10.3. The maximum Gasteiger partial charge on any atom is 0.323 e. The predicted molar refractivity (Wildman–Crippen MR) is 64.2 cm³/mol. The van der Waals surface area contributed by atoms with Crippen molar-refractivity contribution in [3.05, 3.63) is 24.5 Å². The maximum absolute atomic E-state index is 11.8. The lowest BCUT2D eigenvalue weighted by Gasteiger charge is -2.24. The van der Waals surface area contributed by atoms with Crippen molar-refractivity contribution in [3.8, 4) is 5.75 Å². The van der Waals surface area contributed by atoms with Crippen LogP contribution in [0.3, 0.4) is 0 Å². The summed E-state index contributed by atoms with van der Waals surface area (Å²) in [5.41, 5.74) is 0. The van der Waals surface area contributed by atoms with Crippen molar-refractivity contribution in [1.29, 1.82) is 0 Å². The van der Waals surface area contributed by atoms with Crippen LogP contribution in [0.25, 0.3) is 0 Å². The SMILES string of the molecule is CC(C)N(CC(=O)O)C(=O)COc1cccnc1. The van der Waals surface area contributed by atoms with Crippen molar-refractivity contribution in [3.63, 3.8) is 0 Å². The zero-order valence-electron chi connectivity index (χ0n) is 10.4. The van der Waals surface area contributed by atoms with E-state index in [-0.39, 0.29) is 25.1 Å². The Balaban J connectivity index is 2.54. The van der Waals surface area contributed by atoms with Crippen molar-refractivity contribution >= 4 is 11.9 Å². The Morgan fingerprint density at radius 3 is 2.72 bits per heavy atom. The zero-order valence-corrected chi connectivity index (χ0v) is 10.4. The molecule has 1 heterocycles. The third-order valence-electron chi connectivity index (χ3n) is 2.25. The van der Waals surface area contributed by atoms with E-state index in [1.165, 1.54) is 11.1 Å². The minimum atomic E-state index is -1.04. The van der Waals surface area contributed by atoms with E-state index < -0.39 is 5.97 Å². The topological polar surface area (TPSA) is 79.7 Å². The predicted octanol–water partition coefficient (Wildman–Crippen LogP) is 0.782. The molecule has 0 bridgehead atoms. The van der Waals surface area contributed by atoms with Gasteiger partial charge in [-0.15, -0.1) is 0 Å². The molecule has 98 valence electrons. The van der Waals surface area contributed by atoms with Gasteiger partial charge in [0.15, 0.2) is 6.61 Å². The zero-order chi connectivity index (χ0) is 13.5. The number of nitrogens with zero attached hydrogens (tertiary/aromatic N) is 2. The molecule has 0 saturated carbocycles. The highest BCUT2D eigenvalue weighted by Gasteiger charge is 2.20. The van der Waals surface area contributed by atoms with Crippen LogP contribution >= 0.6 is 0 Å². The highest BCUT2D eigenvalue weighted by atomic mass is 16.5. The second kappa shape index (κ2) is 6.58. The molecule has 0 aliphatic heterocycles. The van der Waals surface area contributed by atoms with Crippen molar-refractivity contribution in [2.75, 3.05) is 13.2 Å². The molecule has 0 fully saturated rings. The Bertz CT molecular complexity index is 406. The first-order valence-corrected chi connectivity index (χ1v) is 5.54. The van der Waals surface area contributed by atoms with Gasteiger partial charge in [0.2, 0.25) is 0 Å². The second-order valence-corrected chi connectivity index (χ2v) is 3.99. The molecule has 1 N–H and O–H groups in total. The van der Waals surface area contributed by atoms with E-state index >= 15 is 0 Å². The van der Waals surface area contributed by atoms with Crippen LogP contribution in [0, 0.1) is 0 Å². The van der Waals surface area contributed by atoms with Crippen LogP contribution in [-0.4, -0.2) is 46.1 Å². The number of carboxylic acids is 1. The molecule has 0 unspecified atom stereocenters. The fourth-order valence-electron chi connectivity index (χ4n) is 1.36. The van der Waals surface area contributed by atoms with Gasteiger partial charge < -0.3 is 14.7 Å². The summed E-state index contributed by atoms with van der Waals surface area (Å²) >= 11 is 0. The molecule has 0 spiro atoms. The Morgan fingerprint density at radius 1 is 1.50 bits per heavy atom. The fourth-order valence-corrected chi connectivity index (χ4v) is 1.36. The van der Waals surface area contributed by atoms with Crippen LogP contribution < -0.4 is 4.74 Å². The van der Waals surface area contributed by atoms with E-state index in [4.69, 9.17) is 9.84 Å². The third-order valence-corrected chi connectivity index (χ3v) is 2.25. The smallest absolute Gasteiger partial charge is 0.323 e. The highest BCUT2D eigenvalue weighted by molar-refractivity contribution is 5.82. The molecule has 1 rings (SSSR count). The third kappa shape index (κ3) is 4.40. The largest absolute Gasteiger partial charge is 0.482 e. The Kier molecular flexibility index (Phi) is 5.10. The summed E-state index contributed by atoms with van der Waals surface area (Å²) in [5.74, 6) is -0.931. The molecule has 6 heteroatoms. The number of hydrogen-bond donors (Lipinski definition) is 1. The molecular weight excluding hydrogens is 236 g/mol. The van der Waals surface area contributed by atoms with E-state index in [2.05, 4.69) is 4.98 Å². The van der Waals surface area contributed by atoms with Gasteiger partial charge in [0, 0.05) is 12.2 Å². The number of carbonyl (C=O) groups is 2. The van der Waals surface area contributed by atoms with Gasteiger partial charge in [0.05, 0.1) is 6.20 Å². The van der Waals surface area contributed by atoms with Gasteiger partial charge in [-0.25, -0.2) is 0 Å². The molecule has 0 aliphatic rings. The van der Waals surface area contributed by atoms with E-state index in [1.54, 1.807) is 32.2 Å². The average molecular weight is 252 g/mol. The molecule has 0 saturated heterocycles. The van der Waals surface area contributed by atoms with Crippen molar-refractivity contribution in [2.24, 2.45) is 0 Å². The summed E-state index contributed by atoms with van der Waals surface area (Å²) in [7, 11) is 0. The standard InChI is InChI=1S/C12H16N2O4/c1-9(2)14(7-12(16)17)11(15)8-18-10-4-3-5-13-6-10/h3-6,9H,7-8H2,1-2H3,(H,16,17). The van der Waals surface area contributed by atoms with E-state index in [9.17, 15) is 9.59 Å². The van der Waals surface area contributed by atoms with Crippen LogP contribution in [-0.2, 0) is 9.59 Å². The summed E-state index contributed by atoms with van der Waals surface area (Å²) in [6, 6.07) is 3.18. The molecule has 6 nitrogen and oxygen atoms in total. The van der Waals surface area contributed by atoms with E-state index in [1.807, 2.05) is 0 Å². The van der Waals surface area contributed by atoms with Crippen molar-refractivity contribution < 1.29 is 19.4 Å². The first kappa shape index (κ1) is 14.0. The maximum atomic E-state index is 11.8. The Labute approximate surface area is 105 Å². The molecule has 1 aromatic rings. The van der Waals surface area contributed by atoms with Gasteiger partial charge in [-0.2, -0.15) is 0 Å². The number of amides is 1. The summed E-state index contributed by atoms with van der Waals surface area (Å²) in [6.45, 7) is 2.99. The number of carboxylic acid groups (broad SMARTS) is 1. The number of ether oxygens (including phenoxy) is 1. The lowest BCUT2D eigenvalue weighted by Crippen LogP contribution is -2.43. The van der Waals surface area contributed by atoms with E-state index in [0.717, 1.165) is 0 Å². The van der Waals surface area contributed by atoms with Crippen molar-refractivity contribution in [2.45, 2.75) is 19.9 Å². The fraction of sp³-hybridized carbons (Fsp3) is 0.417. The molecule has 0 radical (unpaired) electrons. The molecular formula is C12H16N2O4. The number of aromatic nitrogens is 1. The van der Waals surface area contributed by atoms with Gasteiger partial charge >= 0.3 is 5.97 Å². The number of pyridine rings is 1. The number of aliphatic carboxylic acids is 1. The second-order valence-electron chi connectivity index (χ2n) is 3.99. The Hall–Kier alpha value is -2.11. The monoisotopic (exact) mass is 252 g/mol. The first-order valence-electron chi connectivity index (χ1n) is 5.54. The van der Waals surface area contributed by atoms with E-state index in [0.29, 0.717) is 5.75 Å².